The SMILES string of the molecule is CCOC(=O)N1CCN(c2nc(Cl)nc3sc(C)c(-c4ccc(OC)cc4)c23)CC1. The van der Waals surface area contributed by atoms with Crippen molar-refractivity contribution in [3.05, 3.63) is 34.4 Å². The van der Waals surface area contributed by atoms with E-state index in [1.807, 2.05) is 31.2 Å². The predicted octanol–water partition coefficient (Wildman–Crippen LogP) is 4.61. The summed E-state index contributed by atoms with van der Waals surface area (Å²) >= 11 is 7.88. The molecule has 158 valence electrons. The molecule has 0 bridgehead atoms. The number of hydrogen-bond donors (Lipinski definition) is 0. The van der Waals surface area contributed by atoms with Crippen LogP contribution in [0.5, 0.6) is 5.75 Å². The molecule has 1 saturated heterocycles. The maximum Gasteiger partial charge on any atom is 0.409 e. The minimum absolute atomic E-state index is 0.229. The molecule has 0 spiro atoms. The number of halogens is 1. The Balaban J connectivity index is 1.72. The van der Waals surface area contributed by atoms with Gasteiger partial charge in [0.15, 0.2) is 0 Å². The van der Waals surface area contributed by atoms with E-state index >= 15 is 0 Å². The van der Waals surface area contributed by atoms with Gasteiger partial charge < -0.3 is 19.3 Å². The maximum atomic E-state index is 12.0. The number of ether oxygens (including phenoxy) is 2. The van der Waals surface area contributed by atoms with E-state index in [1.165, 1.54) is 0 Å². The molecule has 1 aliphatic heterocycles. The Hall–Kier alpha value is -2.58. The number of nitrogens with zero attached hydrogens (tertiary/aromatic N) is 4. The lowest BCUT2D eigenvalue weighted by Gasteiger charge is -2.35. The molecule has 9 heteroatoms. The van der Waals surface area contributed by atoms with Crippen molar-refractivity contribution in [2.45, 2.75) is 13.8 Å². The molecule has 1 amide bonds. The molecular weight excluding hydrogens is 424 g/mol. The summed E-state index contributed by atoms with van der Waals surface area (Å²) in [5.41, 5.74) is 2.19. The second-order valence-corrected chi connectivity index (χ2v) is 8.47. The Morgan fingerprint density at radius 2 is 1.87 bits per heavy atom. The molecule has 3 aromatic rings. The summed E-state index contributed by atoms with van der Waals surface area (Å²) in [4.78, 5) is 27.0. The average Bonchev–Trinajstić information content (AvgIpc) is 3.09. The van der Waals surface area contributed by atoms with Crippen molar-refractivity contribution in [2.75, 3.05) is 44.8 Å². The fourth-order valence-electron chi connectivity index (χ4n) is 3.72. The van der Waals surface area contributed by atoms with Gasteiger partial charge in [-0.25, -0.2) is 9.78 Å². The molecule has 1 aliphatic rings. The molecule has 7 nitrogen and oxygen atoms in total. The number of amides is 1. The lowest BCUT2D eigenvalue weighted by molar-refractivity contribution is 0.105. The molecule has 1 aromatic carbocycles. The van der Waals surface area contributed by atoms with Gasteiger partial charge in [0.1, 0.15) is 16.4 Å². The Kier molecular flexibility index (Phi) is 5.97. The molecule has 0 atom stereocenters. The van der Waals surface area contributed by atoms with Crippen LogP contribution in [-0.4, -0.2) is 60.9 Å². The molecule has 2 aromatic heterocycles. The van der Waals surface area contributed by atoms with Crippen molar-refractivity contribution in [1.82, 2.24) is 14.9 Å². The van der Waals surface area contributed by atoms with Gasteiger partial charge in [-0.2, -0.15) is 4.98 Å². The highest BCUT2D eigenvalue weighted by Crippen LogP contribution is 2.42. The summed E-state index contributed by atoms with van der Waals surface area (Å²) < 4.78 is 10.4. The summed E-state index contributed by atoms with van der Waals surface area (Å²) in [6.07, 6.45) is -0.270. The summed E-state index contributed by atoms with van der Waals surface area (Å²) in [5.74, 6) is 1.62. The van der Waals surface area contributed by atoms with Crippen molar-refractivity contribution in [1.29, 1.82) is 0 Å². The van der Waals surface area contributed by atoms with Gasteiger partial charge in [-0.3, -0.25) is 0 Å². The third-order valence-electron chi connectivity index (χ3n) is 5.17. The van der Waals surface area contributed by atoms with Crippen molar-refractivity contribution >= 4 is 45.1 Å². The number of carbonyl (C=O) groups is 1. The lowest BCUT2D eigenvalue weighted by atomic mass is 10.0. The zero-order chi connectivity index (χ0) is 21.3. The van der Waals surface area contributed by atoms with Crippen molar-refractivity contribution in [3.8, 4) is 16.9 Å². The predicted molar refractivity (Wildman–Crippen MR) is 120 cm³/mol. The van der Waals surface area contributed by atoms with Crippen LogP contribution >= 0.6 is 22.9 Å². The summed E-state index contributed by atoms with van der Waals surface area (Å²) in [5, 5.41) is 1.23. The highest BCUT2D eigenvalue weighted by atomic mass is 35.5. The topological polar surface area (TPSA) is 67.8 Å². The number of carbonyl (C=O) groups excluding carboxylic acids is 1. The number of rotatable bonds is 4. The number of aromatic nitrogens is 2. The van der Waals surface area contributed by atoms with Gasteiger partial charge in [0.05, 0.1) is 19.1 Å². The molecule has 1 fully saturated rings. The second-order valence-electron chi connectivity index (χ2n) is 6.93. The first-order valence-electron chi connectivity index (χ1n) is 9.79. The summed E-state index contributed by atoms with van der Waals surface area (Å²) in [7, 11) is 1.66. The number of thiophene rings is 1. The Bertz CT molecular complexity index is 1060. The highest BCUT2D eigenvalue weighted by molar-refractivity contribution is 7.19. The number of methoxy groups -OCH3 is 1. The number of piperazine rings is 1. The van der Waals surface area contributed by atoms with E-state index < -0.39 is 0 Å². The first kappa shape index (κ1) is 20.7. The van der Waals surface area contributed by atoms with Crippen LogP contribution in [0.4, 0.5) is 10.6 Å². The van der Waals surface area contributed by atoms with Gasteiger partial charge in [0, 0.05) is 36.6 Å². The summed E-state index contributed by atoms with van der Waals surface area (Å²) in [6.45, 7) is 6.72. The minimum Gasteiger partial charge on any atom is -0.497 e. The van der Waals surface area contributed by atoms with Gasteiger partial charge in [-0.05, 0) is 43.1 Å². The molecule has 0 saturated carbocycles. The third kappa shape index (κ3) is 3.89. The third-order valence-corrected chi connectivity index (χ3v) is 6.33. The molecule has 0 unspecified atom stereocenters. The van der Waals surface area contributed by atoms with Gasteiger partial charge in [0.25, 0.3) is 0 Å². The molecule has 0 aliphatic carbocycles. The van der Waals surface area contributed by atoms with Gasteiger partial charge in [-0.15, -0.1) is 11.3 Å². The second kappa shape index (κ2) is 8.65. The van der Waals surface area contributed by atoms with Crippen LogP contribution in [0.15, 0.2) is 24.3 Å². The van der Waals surface area contributed by atoms with E-state index in [0.717, 1.165) is 37.8 Å². The molecule has 30 heavy (non-hydrogen) atoms. The van der Waals surface area contributed by atoms with Gasteiger partial charge >= 0.3 is 6.09 Å². The normalized spacial score (nSPS) is 14.3. The quantitative estimate of drug-likeness (QED) is 0.545. The van der Waals surface area contributed by atoms with Crippen LogP contribution in [0, 0.1) is 6.92 Å². The highest BCUT2D eigenvalue weighted by Gasteiger charge is 2.27. The van der Waals surface area contributed by atoms with E-state index in [0.29, 0.717) is 32.8 Å². The number of aryl methyl sites for hydroxylation is 1. The molecule has 3 heterocycles. The van der Waals surface area contributed by atoms with Crippen molar-refractivity contribution < 1.29 is 14.3 Å². The van der Waals surface area contributed by atoms with E-state index in [-0.39, 0.29) is 11.4 Å². The van der Waals surface area contributed by atoms with Crippen LogP contribution in [0.1, 0.15) is 11.8 Å². The number of hydrogen-bond acceptors (Lipinski definition) is 7. The number of benzene rings is 1. The van der Waals surface area contributed by atoms with E-state index in [1.54, 1.807) is 23.3 Å². The summed E-state index contributed by atoms with van der Waals surface area (Å²) in [6, 6.07) is 7.99. The zero-order valence-corrected chi connectivity index (χ0v) is 18.7. The standard InChI is InChI=1S/C21H23ClN4O3S/c1-4-29-21(27)26-11-9-25(10-12-26)18-17-16(14-5-7-15(28-3)8-6-14)13(2)30-19(17)24-20(22)23-18/h5-8H,4,9-12H2,1-3H3. The van der Waals surface area contributed by atoms with Crippen molar-refractivity contribution in [2.24, 2.45) is 0 Å². The number of anilines is 1. The van der Waals surface area contributed by atoms with E-state index in [2.05, 4.69) is 21.8 Å². The molecule has 0 radical (unpaired) electrons. The van der Waals surface area contributed by atoms with Crippen LogP contribution in [0.2, 0.25) is 5.28 Å². The monoisotopic (exact) mass is 446 g/mol. The Morgan fingerprint density at radius 1 is 1.17 bits per heavy atom. The van der Waals surface area contributed by atoms with E-state index in [4.69, 9.17) is 21.1 Å². The number of fused-ring (bicyclic) bond motifs is 1. The Morgan fingerprint density at radius 3 is 2.50 bits per heavy atom. The van der Waals surface area contributed by atoms with E-state index in [9.17, 15) is 4.79 Å². The van der Waals surface area contributed by atoms with Crippen LogP contribution in [-0.2, 0) is 4.74 Å². The Labute approximate surface area is 184 Å². The van der Waals surface area contributed by atoms with Gasteiger partial charge in [-0.1, -0.05) is 12.1 Å². The largest absolute Gasteiger partial charge is 0.497 e. The molecular formula is C21H23ClN4O3S. The van der Waals surface area contributed by atoms with Crippen LogP contribution in [0.25, 0.3) is 21.3 Å². The smallest absolute Gasteiger partial charge is 0.409 e. The first-order chi connectivity index (χ1) is 14.5. The molecule has 0 N–H and O–H groups in total. The fourth-order valence-corrected chi connectivity index (χ4v) is 4.97. The van der Waals surface area contributed by atoms with Crippen LogP contribution in [0.3, 0.4) is 0 Å². The average molecular weight is 447 g/mol. The maximum absolute atomic E-state index is 12.0. The van der Waals surface area contributed by atoms with Crippen LogP contribution < -0.4 is 9.64 Å². The first-order valence-corrected chi connectivity index (χ1v) is 11.0. The van der Waals surface area contributed by atoms with Crippen molar-refractivity contribution in [3.63, 3.8) is 0 Å². The molecule has 4 rings (SSSR count). The fraction of sp³-hybridized carbons (Fsp3) is 0.381. The lowest BCUT2D eigenvalue weighted by Crippen LogP contribution is -2.49. The zero-order valence-electron chi connectivity index (χ0n) is 17.1. The minimum atomic E-state index is -0.270. The van der Waals surface area contributed by atoms with Gasteiger partial charge in [0.2, 0.25) is 5.28 Å².